The Morgan fingerprint density at radius 1 is 1.50 bits per heavy atom. The van der Waals surface area contributed by atoms with Crippen LogP contribution in [0.15, 0.2) is 11.7 Å². The van der Waals surface area contributed by atoms with Gasteiger partial charge in [0, 0.05) is 36.8 Å². The summed E-state index contributed by atoms with van der Waals surface area (Å²) in [7, 11) is 2.25. The Balaban J connectivity index is 1.57. The van der Waals surface area contributed by atoms with Crippen LogP contribution in [0.2, 0.25) is 0 Å². The van der Waals surface area contributed by atoms with Crippen LogP contribution < -0.4 is 5.32 Å². The van der Waals surface area contributed by atoms with E-state index in [0.29, 0.717) is 0 Å². The van der Waals surface area contributed by atoms with Gasteiger partial charge in [-0.25, -0.2) is 0 Å². The van der Waals surface area contributed by atoms with E-state index in [0.717, 1.165) is 25.7 Å². The largest absolute Gasteiger partial charge is 0.311 e. The maximum atomic E-state index is 4.07. The van der Waals surface area contributed by atoms with Crippen molar-refractivity contribution in [2.45, 2.75) is 38.3 Å². The van der Waals surface area contributed by atoms with Crippen molar-refractivity contribution in [2.75, 3.05) is 20.1 Å². The fourth-order valence-electron chi connectivity index (χ4n) is 2.32. The molecule has 1 saturated carbocycles. The summed E-state index contributed by atoms with van der Waals surface area (Å²) in [6, 6.07) is 0.838. The van der Waals surface area contributed by atoms with E-state index in [9.17, 15) is 0 Å². The van der Waals surface area contributed by atoms with Crippen LogP contribution in [-0.2, 0) is 6.54 Å². The van der Waals surface area contributed by atoms with Gasteiger partial charge >= 0.3 is 0 Å². The molecular formula is C12H21N3S. The number of thiazole rings is 1. The average Bonchev–Trinajstić information content (AvgIpc) is 2.96. The second-order valence-electron chi connectivity index (χ2n) is 4.56. The van der Waals surface area contributed by atoms with Crippen LogP contribution in [0.1, 0.15) is 30.6 Å². The molecule has 0 unspecified atom stereocenters. The zero-order chi connectivity index (χ0) is 11.2. The van der Waals surface area contributed by atoms with Gasteiger partial charge in [-0.15, -0.1) is 11.3 Å². The van der Waals surface area contributed by atoms with Crippen molar-refractivity contribution < 1.29 is 0 Å². The summed E-state index contributed by atoms with van der Waals surface area (Å²) >= 11 is 1.72. The first kappa shape index (κ1) is 12.0. The van der Waals surface area contributed by atoms with E-state index in [-0.39, 0.29) is 0 Å². The minimum atomic E-state index is 0.838. The molecule has 2 rings (SSSR count). The van der Waals surface area contributed by atoms with Crippen molar-refractivity contribution in [3.8, 4) is 0 Å². The average molecular weight is 239 g/mol. The predicted molar refractivity (Wildman–Crippen MR) is 68.7 cm³/mol. The van der Waals surface area contributed by atoms with Gasteiger partial charge in [0.05, 0.1) is 5.51 Å². The number of nitrogens with one attached hydrogen (secondary N) is 1. The molecule has 0 aromatic carbocycles. The molecular weight excluding hydrogens is 218 g/mol. The van der Waals surface area contributed by atoms with Crippen LogP contribution in [0.5, 0.6) is 0 Å². The van der Waals surface area contributed by atoms with E-state index in [4.69, 9.17) is 0 Å². The molecule has 0 spiro atoms. The normalized spacial score (nSPS) is 17.4. The molecule has 16 heavy (non-hydrogen) atoms. The van der Waals surface area contributed by atoms with Crippen LogP contribution in [0.4, 0.5) is 0 Å². The maximum absolute atomic E-state index is 4.07. The van der Waals surface area contributed by atoms with Gasteiger partial charge in [0.15, 0.2) is 0 Å². The standard InChI is InChI=1S/C12H21N3S/c1-15(11-4-2-3-5-11)7-6-13-8-12-9-14-10-16-12/h9-11,13H,2-8H2,1H3. The fraction of sp³-hybridized carbons (Fsp3) is 0.750. The maximum Gasteiger partial charge on any atom is 0.0794 e. The highest BCUT2D eigenvalue weighted by molar-refractivity contribution is 7.09. The van der Waals surface area contributed by atoms with Gasteiger partial charge in [-0.05, 0) is 19.9 Å². The van der Waals surface area contributed by atoms with Crippen molar-refractivity contribution in [2.24, 2.45) is 0 Å². The fourth-order valence-corrected chi connectivity index (χ4v) is 2.89. The second-order valence-corrected chi connectivity index (χ2v) is 5.53. The molecule has 1 aliphatic rings. The van der Waals surface area contributed by atoms with Gasteiger partial charge < -0.3 is 10.2 Å². The number of rotatable bonds is 6. The minimum absolute atomic E-state index is 0.838. The quantitative estimate of drug-likeness (QED) is 0.771. The third-order valence-corrected chi connectivity index (χ3v) is 4.15. The third-order valence-electron chi connectivity index (χ3n) is 3.37. The van der Waals surface area contributed by atoms with Gasteiger partial charge in [0.25, 0.3) is 0 Å². The molecule has 1 N–H and O–H groups in total. The first-order valence-corrected chi connectivity index (χ1v) is 7.02. The van der Waals surface area contributed by atoms with Gasteiger partial charge in [-0.3, -0.25) is 4.98 Å². The number of hydrogen-bond donors (Lipinski definition) is 1. The molecule has 0 aliphatic heterocycles. The highest BCUT2D eigenvalue weighted by Crippen LogP contribution is 2.21. The van der Waals surface area contributed by atoms with E-state index in [2.05, 4.69) is 22.2 Å². The Bertz CT molecular complexity index is 280. The number of nitrogens with zero attached hydrogens (tertiary/aromatic N) is 2. The highest BCUT2D eigenvalue weighted by atomic mass is 32.1. The van der Waals surface area contributed by atoms with Crippen LogP contribution >= 0.6 is 11.3 Å². The monoisotopic (exact) mass is 239 g/mol. The van der Waals surface area contributed by atoms with Gasteiger partial charge in [-0.1, -0.05) is 12.8 Å². The number of aromatic nitrogens is 1. The topological polar surface area (TPSA) is 28.2 Å². The van der Waals surface area contributed by atoms with Gasteiger partial charge in [0.2, 0.25) is 0 Å². The summed E-state index contributed by atoms with van der Waals surface area (Å²) in [5.41, 5.74) is 1.89. The predicted octanol–water partition coefficient (Wildman–Crippen LogP) is 2.11. The molecule has 1 aromatic rings. The van der Waals surface area contributed by atoms with Crippen molar-refractivity contribution >= 4 is 11.3 Å². The van der Waals surface area contributed by atoms with Gasteiger partial charge in [-0.2, -0.15) is 0 Å². The van der Waals surface area contributed by atoms with E-state index >= 15 is 0 Å². The molecule has 1 fully saturated rings. The molecule has 4 heteroatoms. The van der Waals surface area contributed by atoms with Crippen molar-refractivity contribution in [3.05, 3.63) is 16.6 Å². The van der Waals surface area contributed by atoms with Crippen LogP contribution in [0, 0.1) is 0 Å². The van der Waals surface area contributed by atoms with Crippen LogP contribution in [0.25, 0.3) is 0 Å². The summed E-state index contributed by atoms with van der Waals surface area (Å²) in [5, 5.41) is 3.47. The van der Waals surface area contributed by atoms with Crippen LogP contribution in [0.3, 0.4) is 0 Å². The Morgan fingerprint density at radius 2 is 2.31 bits per heavy atom. The molecule has 90 valence electrons. The zero-order valence-corrected chi connectivity index (χ0v) is 10.8. The molecule has 0 saturated heterocycles. The zero-order valence-electron chi connectivity index (χ0n) is 9.98. The molecule has 0 radical (unpaired) electrons. The highest BCUT2D eigenvalue weighted by Gasteiger charge is 2.18. The van der Waals surface area contributed by atoms with E-state index in [1.807, 2.05) is 11.7 Å². The Labute approximate surface area is 102 Å². The van der Waals surface area contributed by atoms with E-state index < -0.39 is 0 Å². The first-order valence-electron chi connectivity index (χ1n) is 6.14. The number of hydrogen-bond acceptors (Lipinski definition) is 4. The lowest BCUT2D eigenvalue weighted by Crippen LogP contribution is -2.35. The van der Waals surface area contributed by atoms with Crippen molar-refractivity contribution in [3.63, 3.8) is 0 Å². The van der Waals surface area contributed by atoms with E-state index in [1.165, 1.54) is 30.6 Å². The molecule has 1 heterocycles. The smallest absolute Gasteiger partial charge is 0.0794 e. The van der Waals surface area contributed by atoms with Crippen molar-refractivity contribution in [1.29, 1.82) is 0 Å². The molecule has 0 bridgehead atoms. The minimum Gasteiger partial charge on any atom is -0.311 e. The Morgan fingerprint density at radius 3 is 3.00 bits per heavy atom. The van der Waals surface area contributed by atoms with Crippen molar-refractivity contribution in [1.82, 2.24) is 15.2 Å². The Kier molecular flexibility index (Phi) is 4.75. The summed E-state index contributed by atoms with van der Waals surface area (Å²) in [5.74, 6) is 0. The van der Waals surface area contributed by atoms with E-state index in [1.54, 1.807) is 11.3 Å². The lowest BCUT2D eigenvalue weighted by molar-refractivity contribution is 0.245. The molecule has 1 aliphatic carbocycles. The summed E-state index contributed by atoms with van der Waals surface area (Å²) in [4.78, 5) is 7.90. The van der Waals surface area contributed by atoms with Gasteiger partial charge in [0.1, 0.15) is 0 Å². The SMILES string of the molecule is CN(CCNCc1cncs1)C1CCCC1. The van der Waals surface area contributed by atoms with Crippen LogP contribution in [-0.4, -0.2) is 36.1 Å². The summed E-state index contributed by atoms with van der Waals surface area (Å²) in [6.45, 7) is 3.19. The molecule has 0 atom stereocenters. The lowest BCUT2D eigenvalue weighted by atomic mass is 10.2. The number of likely N-dealkylation sites (N-methyl/N-ethyl adjacent to an activating group) is 1. The summed E-state index contributed by atoms with van der Waals surface area (Å²) in [6.07, 6.45) is 7.57. The first-order chi connectivity index (χ1) is 7.86. The Hall–Kier alpha value is -0.450. The lowest BCUT2D eigenvalue weighted by Gasteiger charge is -2.23. The second kappa shape index (κ2) is 6.33. The summed E-state index contributed by atoms with van der Waals surface area (Å²) < 4.78 is 0. The molecule has 1 aromatic heterocycles. The molecule has 3 nitrogen and oxygen atoms in total. The molecule has 0 amide bonds. The third kappa shape index (κ3) is 3.54.